The second-order valence-corrected chi connectivity index (χ2v) is 3.87. The number of nitrogens with zero attached hydrogens (tertiary/aromatic N) is 1. The van der Waals surface area contributed by atoms with Crippen molar-refractivity contribution in [1.82, 2.24) is 4.90 Å². The van der Waals surface area contributed by atoms with Gasteiger partial charge in [0, 0.05) is 13.7 Å². The zero-order valence-corrected chi connectivity index (χ0v) is 8.90. The molecule has 1 rings (SSSR count). The lowest BCUT2D eigenvalue weighted by molar-refractivity contribution is -0.143. The summed E-state index contributed by atoms with van der Waals surface area (Å²) in [7, 11) is 1.69. The van der Waals surface area contributed by atoms with Gasteiger partial charge in [0.15, 0.2) is 0 Å². The fraction of sp³-hybridized carbons (Fsp3) is 0.900. The number of carbonyl (C=O) groups is 1. The van der Waals surface area contributed by atoms with Crippen LogP contribution < -0.4 is 0 Å². The molecule has 0 aromatic rings. The molecule has 1 N–H and O–H groups in total. The third kappa shape index (κ3) is 2.69. The molecule has 0 radical (unpaired) electrons. The summed E-state index contributed by atoms with van der Waals surface area (Å²) in [5.41, 5.74) is 0. The van der Waals surface area contributed by atoms with Gasteiger partial charge in [-0.3, -0.25) is 9.69 Å². The average Bonchev–Trinajstić information content (AvgIpc) is 2.54. The van der Waals surface area contributed by atoms with Crippen molar-refractivity contribution in [2.75, 3.05) is 26.8 Å². The van der Waals surface area contributed by atoms with Crippen LogP contribution in [0.15, 0.2) is 0 Å². The molecule has 1 saturated heterocycles. The van der Waals surface area contributed by atoms with Gasteiger partial charge < -0.3 is 9.84 Å². The van der Waals surface area contributed by atoms with Crippen molar-refractivity contribution in [3.05, 3.63) is 0 Å². The standard InChI is InChI=1S/C10H19NO3/c1-3-9(10(12)13)11-5-4-8(6-11)7-14-2/h8-9H,3-7H2,1-2H3,(H,12,13)/t8-,9-/m1/s1. The second kappa shape index (κ2) is 5.32. The highest BCUT2D eigenvalue weighted by Crippen LogP contribution is 2.20. The van der Waals surface area contributed by atoms with Crippen molar-refractivity contribution in [1.29, 1.82) is 0 Å². The van der Waals surface area contributed by atoms with Crippen molar-refractivity contribution < 1.29 is 14.6 Å². The van der Waals surface area contributed by atoms with E-state index in [9.17, 15) is 4.79 Å². The van der Waals surface area contributed by atoms with Crippen LogP contribution in [0, 0.1) is 5.92 Å². The SMILES string of the molecule is CC[C@H](C(=O)O)N1CC[C@@H](COC)C1. The van der Waals surface area contributed by atoms with Crippen LogP contribution in [0.1, 0.15) is 19.8 Å². The molecule has 0 saturated carbocycles. The van der Waals surface area contributed by atoms with E-state index in [1.165, 1.54) is 0 Å². The minimum Gasteiger partial charge on any atom is -0.480 e. The number of methoxy groups -OCH3 is 1. The Balaban J connectivity index is 2.43. The number of hydrogen-bond acceptors (Lipinski definition) is 3. The van der Waals surface area contributed by atoms with Crippen LogP contribution in [0.4, 0.5) is 0 Å². The summed E-state index contributed by atoms with van der Waals surface area (Å²) in [6, 6.07) is -0.308. The Morgan fingerprint density at radius 3 is 2.93 bits per heavy atom. The molecule has 0 aromatic heterocycles. The van der Waals surface area contributed by atoms with E-state index in [-0.39, 0.29) is 6.04 Å². The van der Waals surface area contributed by atoms with Gasteiger partial charge >= 0.3 is 5.97 Å². The first kappa shape index (κ1) is 11.5. The maximum Gasteiger partial charge on any atom is 0.320 e. The van der Waals surface area contributed by atoms with Crippen LogP contribution in [-0.4, -0.2) is 48.8 Å². The van der Waals surface area contributed by atoms with Crippen molar-refractivity contribution in [2.24, 2.45) is 5.92 Å². The fourth-order valence-electron chi connectivity index (χ4n) is 2.11. The molecule has 0 aromatic carbocycles. The number of likely N-dealkylation sites (tertiary alicyclic amines) is 1. The molecular formula is C10H19NO3. The monoisotopic (exact) mass is 201 g/mol. The smallest absolute Gasteiger partial charge is 0.320 e. The number of ether oxygens (including phenoxy) is 1. The maximum absolute atomic E-state index is 10.9. The molecule has 1 aliphatic heterocycles. The van der Waals surface area contributed by atoms with Gasteiger partial charge in [-0.15, -0.1) is 0 Å². The van der Waals surface area contributed by atoms with Crippen molar-refractivity contribution >= 4 is 5.97 Å². The molecule has 14 heavy (non-hydrogen) atoms. The van der Waals surface area contributed by atoms with Crippen molar-refractivity contribution in [3.8, 4) is 0 Å². The van der Waals surface area contributed by atoms with E-state index in [0.717, 1.165) is 26.1 Å². The van der Waals surface area contributed by atoms with E-state index in [0.29, 0.717) is 12.3 Å². The van der Waals surface area contributed by atoms with Crippen LogP contribution in [-0.2, 0) is 9.53 Å². The van der Waals surface area contributed by atoms with Crippen LogP contribution in [0.3, 0.4) is 0 Å². The van der Waals surface area contributed by atoms with E-state index in [1.807, 2.05) is 11.8 Å². The van der Waals surface area contributed by atoms with Crippen molar-refractivity contribution in [2.45, 2.75) is 25.8 Å². The lowest BCUT2D eigenvalue weighted by atomic mass is 10.1. The lowest BCUT2D eigenvalue weighted by Crippen LogP contribution is -2.39. The Hall–Kier alpha value is -0.610. The molecule has 1 fully saturated rings. The molecule has 4 heteroatoms. The second-order valence-electron chi connectivity index (χ2n) is 3.87. The van der Waals surface area contributed by atoms with E-state index >= 15 is 0 Å². The van der Waals surface area contributed by atoms with Gasteiger partial charge in [0.25, 0.3) is 0 Å². The molecular weight excluding hydrogens is 182 g/mol. The zero-order valence-electron chi connectivity index (χ0n) is 8.90. The minimum atomic E-state index is -0.703. The summed E-state index contributed by atoms with van der Waals surface area (Å²) in [6.07, 6.45) is 1.73. The van der Waals surface area contributed by atoms with Gasteiger partial charge in [0.05, 0.1) is 6.61 Å². The summed E-state index contributed by atoms with van der Waals surface area (Å²) < 4.78 is 5.07. The van der Waals surface area contributed by atoms with Gasteiger partial charge in [-0.1, -0.05) is 6.92 Å². The molecule has 4 nitrogen and oxygen atoms in total. The van der Waals surface area contributed by atoms with Gasteiger partial charge in [-0.25, -0.2) is 0 Å². The topological polar surface area (TPSA) is 49.8 Å². The van der Waals surface area contributed by atoms with E-state index in [4.69, 9.17) is 9.84 Å². The van der Waals surface area contributed by atoms with Gasteiger partial charge in [0.1, 0.15) is 6.04 Å². The van der Waals surface area contributed by atoms with E-state index in [2.05, 4.69) is 0 Å². The molecule has 0 aliphatic carbocycles. The van der Waals surface area contributed by atoms with Crippen LogP contribution in [0.2, 0.25) is 0 Å². The predicted molar refractivity (Wildman–Crippen MR) is 53.3 cm³/mol. The molecule has 2 atom stereocenters. The first-order valence-corrected chi connectivity index (χ1v) is 5.14. The number of rotatable bonds is 5. The maximum atomic E-state index is 10.9. The highest BCUT2D eigenvalue weighted by Gasteiger charge is 2.30. The lowest BCUT2D eigenvalue weighted by Gasteiger charge is -2.22. The molecule has 0 unspecified atom stereocenters. The fourth-order valence-corrected chi connectivity index (χ4v) is 2.11. The van der Waals surface area contributed by atoms with Gasteiger partial charge in [-0.2, -0.15) is 0 Å². The Morgan fingerprint density at radius 1 is 1.71 bits per heavy atom. The third-order valence-corrected chi connectivity index (χ3v) is 2.83. The molecule has 0 spiro atoms. The highest BCUT2D eigenvalue weighted by atomic mass is 16.5. The Bertz CT molecular complexity index is 196. The summed E-state index contributed by atoms with van der Waals surface area (Å²) in [6.45, 7) is 4.41. The Labute approximate surface area is 84.8 Å². The normalized spacial score (nSPS) is 25.1. The van der Waals surface area contributed by atoms with Crippen LogP contribution >= 0.6 is 0 Å². The first-order chi connectivity index (χ1) is 6.69. The average molecular weight is 201 g/mol. The summed E-state index contributed by atoms with van der Waals surface area (Å²) >= 11 is 0. The highest BCUT2D eigenvalue weighted by molar-refractivity contribution is 5.73. The molecule has 1 aliphatic rings. The third-order valence-electron chi connectivity index (χ3n) is 2.83. The minimum absolute atomic E-state index is 0.308. The summed E-state index contributed by atoms with van der Waals surface area (Å²) in [4.78, 5) is 13.0. The first-order valence-electron chi connectivity index (χ1n) is 5.14. The predicted octanol–water partition coefficient (Wildman–Crippen LogP) is 0.818. The largest absolute Gasteiger partial charge is 0.480 e. The summed E-state index contributed by atoms with van der Waals surface area (Å²) in [5, 5.41) is 8.98. The van der Waals surface area contributed by atoms with Crippen LogP contribution in [0.25, 0.3) is 0 Å². The molecule has 1 heterocycles. The molecule has 82 valence electrons. The summed E-state index contributed by atoms with van der Waals surface area (Å²) in [5.74, 6) is -0.195. The Morgan fingerprint density at radius 2 is 2.43 bits per heavy atom. The van der Waals surface area contributed by atoms with Crippen molar-refractivity contribution in [3.63, 3.8) is 0 Å². The van der Waals surface area contributed by atoms with Gasteiger partial charge in [0.2, 0.25) is 0 Å². The van der Waals surface area contributed by atoms with E-state index in [1.54, 1.807) is 7.11 Å². The molecule has 0 amide bonds. The van der Waals surface area contributed by atoms with Gasteiger partial charge in [-0.05, 0) is 25.3 Å². The number of aliphatic carboxylic acids is 1. The van der Waals surface area contributed by atoms with E-state index < -0.39 is 5.97 Å². The quantitative estimate of drug-likeness (QED) is 0.715. The Kier molecular flexibility index (Phi) is 4.35. The number of hydrogen-bond donors (Lipinski definition) is 1. The van der Waals surface area contributed by atoms with Crippen LogP contribution in [0.5, 0.6) is 0 Å². The zero-order chi connectivity index (χ0) is 10.6. The number of carboxylic acids is 1. The molecule has 0 bridgehead atoms. The number of carboxylic acid groups (broad SMARTS) is 1.